The topological polar surface area (TPSA) is 75.7 Å². The van der Waals surface area contributed by atoms with Crippen molar-refractivity contribution >= 4 is 15.9 Å². The van der Waals surface area contributed by atoms with Crippen molar-refractivity contribution in [1.29, 1.82) is 0 Å². The lowest BCUT2D eigenvalue weighted by molar-refractivity contribution is -0.131. The van der Waals surface area contributed by atoms with E-state index < -0.39 is 16.1 Å². The maximum Gasteiger partial charge on any atom is 0.241 e. The molecular weight excluding hydrogens is 352 g/mol. The van der Waals surface area contributed by atoms with Crippen molar-refractivity contribution in [3.8, 4) is 5.75 Å². The summed E-state index contributed by atoms with van der Waals surface area (Å²) in [5, 5.41) is 0. The Morgan fingerprint density at radius 1 is 1.12 bits per heavy atom. The molecule has 0 unspecified atom stereocenters. The molecule has 140 valence electrons. The molecule has 0 heterocycles. The summed E-state index contributed by atoms with van der Waals surface area (Å²) in [5.41, 5.74) is 0.977. The number of rotatable bonds is 8. The van der Waals surface area contributed by atoms with Crippen molar-refractivity contribution in [2.45, 2.75) is 31.3 Å². The second-order valence-electron chi connectivity index (χ2n) is 5.93. The van der Waals surface area contributed by atoms with E-state index in [4.69, 9.17) is 4.74 Å². The van der Waals surface area contributed by atoms with Crippen molar-refractivity contribution < 1.29 is 17.9 Å². The van der Waals surface area contributed by atoms with E-state index in [-0.39, 0.29) is 10.8 Å². The standard InChI is InChI=1S/C19H24N2O4S/c1-4-25-17-10-12-18(13-11-17)26(23,24)20-15(2)19(22)21(3)14-16-8-6-5-7-9-16/h5-13,15,20H,4,14H2,1-3H3/t15-/m1/s1. The van der Waals surface area contributed by atoms with E-state index in [1.165, 1.54) is 24.0 Å². The predicted molar refractivity (Wildman–Crippen MR) is 100 cm³/mol. The van der Waals surface area contributed by atoms with Crippen molar-refractivity contribution in [2.75, 3.05) is 13.7 Å². The first-order valence-electron chi connectivity index (χ1n) is 8.37. The Balaban J connectivity index is 2.02. The van der Waals surface area contributed by atoms with Crippen LogP contribution in [0, 0.1) is 0 Å². The predicted octanol–water partition coefficient (Wildman–Crippen LogP) is 2.41. The molecule has 6 nitrogen and oxygen atoms in total. The van der Waals surface area contributed by atoms with Gasteiger partial charge in [-0.15, -0.1) is 0 Å². The van der Waals surface area contributed by atoms with Gasteiger partial charge < -0.3 is 9.64 Å². The highest BCUT2D eigenvalue weighted by Crippen LogP contribution is 2.16. The number of nitrogens with one attached hydrogen (secondary N) is 1. The molecule has 2 rings (SSSR count). The summed E-state index contributed by atoms with van der Waals surface area (Å²) >= 11 is 0. The number of ether oxygens (including phenoxy) is 1. The van der Waals surface area contributed by atoms with Crippen molar-refractivity contribution in [2.24, 2.45) is 0 Å². The van der Waals surface area contributed by atoms with E-state index in [9.17, 15) is 13.2 Å². The van der Waals surface area contributed by atoms with Gasteiger partial charge in [0, 0.05) is 13.6 Å². The first kappa shape index (κ1) is 19.9. The molecule has 0 aliphatic heterocycles. The maximum atomic E-state index is 12.5. The molecule has 7 heteroatoms. The van der Waals surface area contributed by atoms with Crippen LogP contribution in [0.2, 0.25) is 0 Å². The number of hydrogen-bond donors (Lipinski definition) is 1. The molecule has 2 aromatic rings. The number of nitrogens with zero attached hydrogens (tertiary/aromatic N) is 1. The summed E-state index contributed by atoms with van der Waals surface area (Å²) in [5.74, 6) is 0.293. The third-order valence-electron chi connectivity index (χ3n) is 3.79. The van der Waals surface area contributed by atoms with E-state index in [2.05, 4.69) is 4.72 Å². The molecule has 0 aliphatic rings. The highest BCUT2D eigenvalue weighted by Gasteiger charge is 2.24. The Labute approximate surface area is 154 Å². The minimum Gasteiger partial charge on any atom is -0.494 e. The largest absolute Gasteiger partial charge is 0.494 e. The quantitative estimate of drug-likeness (QED) is 0.768. The Hall–Kier alpha value is -2.38. The van der Waals surface area contributed by atoms with Gasteiger partial charge in [-0.25, -0.2) is 8.42 Å². The molecule has 0 radical (unpaired) electrons. The highest BCUT2D eigenvalue weighted by atomic mass is 32.2. The van der Waals surface area contributed by atoms with Crippen LogP contribution in [0.15, 0.2) is 59.5 Å². The lowest BCUT2D eigenvalue weighted by Gasteiger charge is -2.22. The third kappa shape index (κ3) is 5.31. The van der Waals surface area contributed by atoms with Gasteiger partial charge in [-0.2, -0.15) is 4.72 Å². The molecule has 0 saturated heterocycles. The average molecular weight is 376 g/mol. The number of hydrogen-bond acceptors (Lipinski definition) is 4. The maximum absolute atomic E-state index is 12.5. The number of carbonyl (C=O) groups excluding carboxylic acids is 1. The number of carbonyl (C=O) groups is 1. The fourth-order valence-electron chi connectivity index (χ4n) is 2.50. The van der Waals surface area contributed by atoms with Gasteiger partial charge in [-0.1, -0.05) is 30.3 Å². The van der Waals surface area contributed by atoms with Gasteiger partial charge in [0.1, 0.15) is 5.75 Å². The smallest absolute Gasteiger partial charge is 0.241 e. The van der Waals surface area contributed by atoms with Gasteiger partial charge in [0.25, 0.3) is 0 Å². The van der Waals surface area contributed by atoms with Crippen LogP contribution in [-0.2, 0) is 21.4 Å². The van der Waals surface area contributed by atoms with E-state index in [1.54, 1.807) is 19.2 Å². The van der Waals surface area contributed by atoms with Gasteiger partial charge in [0.2, 0.25) is 15.9 Å². The minimum absolute atomic E-state index is 0.0892. The minimum atomic E-state index is -3.80. The van der Waals surface area contributed by atoms with E-state index in [0.29, 0.717) is 18.9 Å². The molecule has 0 saturated carbocycles. The number of amides is 1. The second kappa shape index (κ2) is 8.82. The summed E-state index contributed by atoms with van der Waals surface area (Å²) in [7, 11) is -2.15. The fourth-order valence-corrected chi connectivity index (χ4v) is 3.70. The number of likely N-dealkylation sites (N-methyl/N-ethyl adjacent to an activating group) is 1. The van der Waals surface area contributed by atoms with E-state index in [0.717, 1.165) is 5.56 Å². The van der Waals surface area contributed by atoms with Gasteiger partial charge in [-0.05, 0) is 43.7 Å². The number of benzene rings is 2. The first-order valence-corrected chi connectivity index (χ1v) is 9.86. The third-order valence-corrected chi connectivity index (χ3v) is 5.34. The molecular formula is C19H24N2O4S. The summed E-state index contributed by atoms with van der Waals surface area (Å²) in [6.45, 7) is 4.31. The Morgan fingerprint density at radius 3 is 2.31 bits per heavy atom. The lowest BCUT2D eigenvalue weighted by Crippen LogP contribution is -2.45. The van der Waals surface area contributed by atoms with Gasteiger partial charge in [0.05, 0.1) is 17.5 Å². The molecule has 0 spiro atoms. The molecule has 0 fully saturated rings. The van der Waals surface area contributed by atoms with E-state index >= 15 is 0 Å². The van der Waals surface area contributed by atoms with Crippen LogP contribution in [-0.4, -0.2) is 38.9 Å². The Morgan fingerprint density at radius 2 is 1.73 bits per heavy atom. The van der Waals surface area contributed by atoms with Crippen LogP contribution in [0.5, 0.6) is 5.75 Å². The van der Waals surface area contributed by atoms with Crippen molar-refractivity contribution in [1.82, 2.24) is 9.62 Å². The SMILES string of the molecule is CCOc1ccc(S(=O)(=O)N[C@H](C)C(=O)N(C)Cc2ccccc2)cc1. The molecule has 1 amide bonds. The molecule has 0 aromatic heterocycles. The zero-order valence-corrected chi connectivity index (χ0v) is 16.0. The summed E-state index contributed by atoms with van der Waals surface area (Å²) in [6.07, 6.45) is 0. The molecule has 1 N–H and O–H groups in total. The van der Waals surface area contributed by atoms with Crippen LogP contribution in [0.1, 0.15) is 19.4 Å². The number of sulfonamides is 1. The molecule has 1 atom stereocenters. The Kier molecular flexibility index (Phi) is 6.76. The van der Waals surface area contributed by atoms with Crippen LogP contribution in [0.25, 0.3) is 0 Å². The zero-order chi connectivity index (χ0) is 19.2. The van der Waals surface area contributed by atoms with Gasteiger partial charge >= 0.3 is 0 Å². The van der Waals surface area contributed by atoms with E-state index in [1.807, 2.05) is 37.3 Å². The normalized spacial score (nSPS) is 12.4. The fraction of sp³-hybridized carbons (Fsp3) is 0.316. The van der Waals surface area contributed by atoms with Gasteiger partial charge in [-0.3, -0.25) is 4.79 Å². The van der Waals surface area contributed by atoms with Crippen LogP contribution < -0.4 is 9.46 Å². The molecule has 2 aromatic carbocycles. The zero-order valence-electron chi connectivity index (χ0n) is 15.2. The molecule has 0 bridgehead atoms. The Bertz CT molecular complexity index is 820. The van der Waals surface area contributed by atoms with Gasteiger partial charge in [0.15, 0.2) is 0 Å². The van der Waals surface area contributed by atoms with Crippen molar-refractivity contribution in [3.05, 3.63) is 60.2 Å². The van der Waals surface area contributed by atoms with Crippen LogP contribution >= 0.6 is 0 Å². The molecule has 26 heavy (non-hydrogen) atoms. The first-order chi connectivity index (χ1) is 12.3. The summed E-state index contributed by atoms with van der Waals surface area (Å²) in [4.78, 5) is 14.1. The van der Waals surface area contributed by atoms with Crippen molar-refractivity contribution in [3.63, 3.8) is 0 Å². The molecule has 0 aliphatic carbocycles. The summed E-state index contributed by atoms with van der Waals surface area (Å²) in [6, 6.07) is 14.7. The second-order valence-corrected chi connectivity index (χ2v) is 7.64. The monoisotopic (exact) mass is 376 g/mol. The lowest BCUT2D eigenvalue weighted by atomic mass is 10.2. The van der Waals surface area contributed by atoms with Crippen LogP contribution in [0.4, 0.5) is 0 Å². The summed E-state index contributed by atoms with van der Waals surface area (Å²) < 4.78 is 32.7. The average Bonchev–Trinajstić information content (AvgIpc) is 2.62. The highest BCUT2D eigenvalue weighted by molar-refractivity contribution is 7.89. The van der Waals surface area contributed by atoms with Crippen LogP contribution in [0.3, 0.4) is 0 Å².